The first-order chi connectivity index (χ1) is 17.0. The van der Waals surface area contributed by atoms with Crippen molar-refractivity contribution in [2.45, 2.75) is 31.2 Å². The van der Waals surface area contributed by atoms with Crippen LogP contribution in [-0.4, -0.2) is 35.4 Å². The topological polar surface area (TPSA) is 67.6 Å². The molecule has 8 heteroatoms. The predicted molar refractivity (Wildman–Crippen MR) is 140 cm³/mol. The number of pyridine rings is 1. The average Bonchev–Trinajstić information content (AvgIpc) is 3.27. The lowest BCUT2D eigenvalue weighted by atomic mass is 10.0. The summed E-state index contributed by atoms with van der Waals surface area (Å²) in [6.45, 7) is 3.92. The number of sulfonamides is 1. The molecular formula is C27H28N4O2S2. The van der Waals surface area contributed by atoms with E-state index in [4.69, 9.17) is 4.99 Å². The zero-order valence-electron chi connectivity index (χ0n) is 19.6. The number of para-hydroxylation sites is 1. The summed E-state index contributed by atoms with van der Waals surface area (Å²) >= 11 is 1.54. The maximum atomic E-state index is 13.4. The monoisotopic (exact) mass is 504 g/mol. The van der Waals surface area contributed by atoms with Crippen LogP contribution in [0.1, 0.15) is 25.3 Å². The van der Waals surface area contributed by atoms with Gasteiger partial charge in [0, 0.05) is 36.4 Å². The number of aromatic nitrogens is 2. The molecule has 0 spiro atoms. The lowest BCUT2D eigenvalue weighted by Gasteiger charge is -2.29. The SMILES string of the molecule is CC1CCN(S(=O)(=O)c2cccc(-c3csc(=Nc4ccccc4)n3Cc3cccnc3)c2)CC1. The molecule has 1 fully saturated rings. The van der Waals surface area contributed by atoms with E-state index >= 15 is 0 Å². The van der Waals surface area contributed by atoms with Gasteiger partial charge in [0.05, 0.1) is 22.8 Å². The van der Waals surface area contributed by atoms with Gasteiger partial charge in [-0.25, -0.2) is 13.4 Å². The van der Waals surface area contributed by atoms with E-state index in [-0.39, 0.29) is 0 Å². The highest BCUT2D eigenvalue weighted by Gasteiger charge is 2.28. The van der Waals surface area contributed by atoms with Crippen LogP contribution in [0.4, 0.5) is 5.69 Å². The Morgan fingerprint density at radius 1 is 1.03 bits per heavy atom. The van der Waals surface area contributed by atoms with Crippen LogP contribution in [0.2, 0.25) is 0 Å². The third-order valence-electron chi connectivity index (χ3n) is 6.35. The zero-order chi connectivity index (χ0) is 24.3. The molecule has 180 valence electrons. The van der Waals surface area contributed by atoms with Gasteiger partial charge in [0.25, 0.3) is 0 Å². The van der Waals surface area contributed by atoms with E-state index < -0.39 is 10.0 Å². The summed E-state index contributed by atoms with van der Waals surface area (Å²) in [5, 5.41) is 2.05. The number of rotatable bonds is 6. The molecule has 0 amide bonds. The lowest BCUT2D eigenvalue weighted by molar-refractivity contribution is 0.288. The molecule has 0 atom stereocenters. The number of hydrogen-bond acceptors (Lipinski definition) is 5. The second kappa shape index (κ2) is 10.3. The van der Waals surface area contributed by atoms with Gasteiger partial charge < -0.3 is 4.57 Å². The number of benzene rings is 2. The van der Waals surface area contributed by atoms with Gasteiger partial charge >= 0.3 is 0 Å². The first kappa shape index (κ1) is 23.7. The molecule has 4 aromatic rings. The summed E-state index contributed by atoms with van der Waals surface area (Å²) in [6, 6.07) is 21.1. The number of hydrogen-bond donors (Lipinski definition) is 0. The highest BCUT2D eigenvalue weighted by molar-refractivity contribution is 7.89. The molecule has 35 heavy (non-hydrogen) atoms. The van der Waals surface area contributed by atoms with Gasteiger partial charge in [-0.1, -0.05) is 43.3 Å². The van der Waals surface area contributed by atoms with Crippen molar-refractivity contribution in [3.63, 3.8) is 0 Å². The van der Waals surface area contributed by atoms with Crippen molar-refractivity contribution in [3.8, 4) is 11.3 Å². The van der Waals surface area contributed by atoms with Gasteiger partial charge in [0.15, 0.2) is 4.80 Å². The van der Waals surface area contributed by atoms with Crippen LogP contribution in [0.5, 0.6) is 0 Å². The Balaban J connectivity index is 1.56. The molecule has 0 N–H and O–H groups in total. The third-order valence-corrected chi connectivity index (χ3v) is 9.11. The van der Waals surface area contributed by atoms with Crippen LogP contribution in [-0.2, 0) is 16.6 Å². The third kappa shape index (κ3) is 5.29. The Kier molecular flexibility index (Phi) is 6.95. The normalized spacial score (nSPS) is 16.0. The van der Waals surface area contributed by atoms with Gasteiger partial charge in [0.1, 0.15) is 0 Å². The van der Waals surface area contributed by atoms with Crippen LogP contribution >= 0.6 is 11.3 Å². The van der Waals surface area contributed by atoms with Crippen LogP contribution in [0.15, 0.2) is 94.4 Å². The molecule has 0 aliphatic carbocycles. The van der Waals surface area contributed by atoms with Crippen LogP contribution in [0.3, 0.4) is 0 Å². The van der Waals surface area contributed by atoms with Crippen molar-refractivity contribution in [2.75, 3.05) is 13.1 Å². The number of nitrogens with zero attached hydrogens (tertiary/aromatic N) is 4. The molecule has 2 aromatic heterocycles. The molecule has 3 heterocycles. The molecule has 1 saturated heterocycles. The highest BCUT2D eigenvalue weighted by Crippen LogP contribution is 2.28. The molecule has 0 saturated carbocycles. The van der Waals surface area contributed by atoms with Crippen molar-refractivity contribution < 1.29 is 8.42 Å². The minimum Gasteiger partial charge on any atom is -0.312 e. The smallest absolute Gasteiger partial charge is 0.243 e. The van der Waals surface area contributed by atoms with Crippen LogP contribution < -0.4 is 4.80 Å². The van der Waals surface area contributed by atoms with Crippen molar-refractivity contribution in [1.82, 2.24) is 13.9 Å². The second-order valence-electron chi connectivity index (χ2n) is 8.91. The fourth-order valence-electron chi connectivity index (χ4n) is 4.28. The van der Waals surface area contributed by atoms with Crippen LogP contribution in [0.25, 0.3) is 11.3 Å². The van der Waals surface area contributed by atoms with Gasteiger partial charge in [-0.2, -0.15) is 4.31 Å². The summed E-state index contributed by atoms with van der Waals surface area (Å²) in [5.41, 5.74) is 3.70. The molecule has 0 radical (unpaired) electrons. The summed E-state index contributed by atoms with van der Waals surface area (Å²) in [5.74, 6) is 0.566. The minimum absolute atomic E-state index is 0.338. The van der Waals surface area contributed by atoms with E-state index in [2.05, 4.69) is 16.5 Å². The molecule has 1 aliphatic rings. The quantitative estimate of drug-likeness (QED) is 0.357. The van der Waals surface area contributed by atoms with Crippen LogP contribution in [0, 0.1) is 5.92 Å². The van der Waals surface area contributed by atoms with Crippen molar-refractivity contribution >= 4 is 27.0 Å². The number of thiazole rings is 1. The summed E-state index contributed by atoms with van der Waals surface area (Å²) in [7, 11) is -3.54. The van der Waals surface area contributed by atoms with Gasteiger partial charge in [-0.05, 0) is 54.7 Å². The fraction of sp³-hybridized carbons (Fsp3) is 0.259. The van der Waals surface area contributed by atoms with Gasteiger partial charge in [-0.3, -0.25) is 4.98 Å². The summed E-state index contributed by atoms with van der Waals surface area (Å²) < 4.78 is 30.5. The van der Waals surface area contributed by atoms with E-state index in [1.54, 1.807) is 34.0 Å². The van der Waals surface area contributed by atoms with E-state index in [0.717, 1.165) is 40.2 Å². The Hall–Kier alpha value is -3.07. The first-order valence-corrected chi connectivity index (χ1v) is 14.1. The average molecular weight is 505 g/mol. The van der Waals surface area contributed by atoms with Crippen molar-refractivity contribution in [2.24, 2.45) is 10.9 Å². The zero-order valence-corrected chi connectivity index (χ0v) is 21.3. The maximum Gasteiger partial charge on any atom is 0.243 e. The molecule has 5 rings (SSSR count). The summed E-state index contributed by atoms with van der Waals surface area (Å²) in [6.07, 6.45) is 5.41. The number of piperidine rings is 1. The molecule has 6 nitrogen and oxygen atoms in total. The predicted octanol–water partition coefficient (Wildman–Crippen LogP) is 5.31. The second-order valence-corrected chi connectivity index (χ2v) is 11.7. The Labute approximate surface area is 210 Å². The van der Waals surface area contributed by atoms with Crippen molar-refractivity contribution in [3.05, 3.63) is 94.9 Å². The largest absolute Gasteiger partial charge is 0.312 e. The van der Waals surface area contributed by atoms with E-state index in [1.165, 1.54) is 0 Å². The summed E-state index contributed by atoms with van der Waals surface area (Å²) in [4.78, 5) is 10.3. The molecular weight excluding hydrogens is 476 g/mol. The molecule has 1 aliphatic heterocycles. The van der Waals surface area contributed by atoms with E-state index in [1.807, 2.05) is 66.2 Å². The van der Waals surface area contributed by atoms with Gasteiger partial charge in [-0.15, -0.1) is 11.3 Å². The molecule has 0 unspecified atom stereocenters. The lowest BCUT2D eigenvalue weighted by Crippen LogP contribution is -2.37. The van der Waals surface area contributed by atoms with Gasteiger partial charge in [0.2, 0.25) is 10.0 Å². The van der Waals surface area contributed by atoms with E-state index in [9.17, 15) is 8.42 Å². The molecule has 0 bridgehead atoms. The fourth-order valence-corrected chi connectivity index (χ4v) is 6.72. The van der Waals surface area contributed by atoms with E-state index in [0.29, 0.717) is 30.4 Å². The standard InChI is InChI=1S/C27H28N4O2S2/c1-21-12-15-30(16-13-21)35(32,33)25-11-5-8-23(17-25)26-20-34-27(29-24-9-3-2-4-10-24)31(26)19-22-7-6-14-28-18-22/h2-11,14,17-18,20-21H,12-13,15-16,19H2,1H3. The molecule has 2 aromatic carbocycles. The van der Waals surface area contributed by atoms with Crippen molar-refractivity contribution in [1.29, 1.82) is 0 Å². The maximum absolute atomic E-state index is 13.4. The Morgan fingerprint density at radius 2 is 1.83 bits per heavy atom. The highest BCUT2D eigenvalue weighted by atomic mass is 32.2. The Bertz CT molecular complexity index is 1450. The first-order valence-electron chi connectivity index (χ1n) is 11.8. The Morgan fingerprint density at radius 3 is 2.57 bits per heavy atom. The minimum atomic E-state index is -3.54.